The molecule has 4 atom stereocenters. The van der Waals surface area contributed by atoms with E-state index in [1.54, 1.807) is 165 Å². The minimum absolute atomic E-state index is 0.163. The number of rotatable bonds is 8. The van der Waals surface area contributed by atoms with Crippen LogP contribution in [0.2, 0.25) is 40.2 Å². The van der Waals surface area contributed by atoms with Crippen LogP contribution in [0.5, 0.6) is 23.3 Å². The van der Waals surface area contributed by atoms with Crippen LogP contribution in [0.4, 0.5) is 23.3 Å². The summed E-state index contributed by atoms with van der Waals surface area (Å²) < 4.78 is 31.1. The van der Waals surface area contributed by atoms with Crippen molar-refractivity contribution in [1.29, 1.82) is 0 Å². The lowest BCUT2D eigenvalue weighted by atomic mass is 9.83. The maximum atomic E-state index is 13.3. The van der Waals surface area contributed by atoms with Crippen LogP contribution < -0.4 is 83.7 Å². The van der Waals surface area contributed by atoms with Crippen molar-refractivity contribution < 1.29 is 18.9 Å². The Hall–Kier alpha value is -10.4. The fourth-order valence-corrected chi connectivity index (χ4v) is 20.5. The van der Waals surface area contributed by atoms with Crippen LogP contribution in [-0.4, -0.2) is 133 Å². The number of aryl methyl sites for hydroxylation is 4. The van der Waals surface area contributed by atoms with Crippen LogP contribution in [0.25, 0.3) is 22.7 Å². The zero-order valence-corrected chi connectivity index (χ0v) is 77.3. The molecule has 8 aliphatic heterocycles. The van der Waals surface area contributed by atoms with E-state index in [0.717, 1.165) is 59.4 Å². The van der Waals surface area contributed by atoms with Crippen molar-refractivity contribution in [2.45, 2.75) is 153 Å². The minimum Gasteiger partial charge on any atom is -0.483 e. The van der Waals surface area contributed by atoms with Gasteiger partial charge in [-0.2, -0.15) is 0 Å². The Kier molecular flexibility index (Phi) is 24.8. The molecule has 0 radical (unpaired) electrons. The molecule has 128 heavy (non-hydrogen) atoms. The number of hydrogen-bond acceptors (Lipinski definition) is 24. The summed E-state index contributed by atoms with van der Waals surface area (Å²) in [5, 5.41) is 2.88. The van der Waals surface area contributed by atoms with Crippen molar-refractivity contribution in [3.05, 3.63) is 296 Å². The van der Waals surface area contributed by atoms with E-state index in [0.29, 0.717) is 222 Å². The van der Waals surface area contributed by atoms with Crippen LogP contribution >= 0.6 is 92.8 Å². The Bertz CT molecular complexity index is 5860. The second-order valence-electron chi connectivity index (χ2n) is 33.4. The average Bonchev–Trinajstić information content (AvgIpc) is 1.68. The summed E-state index contributed by atoms with van der Waals surface area (Å²) in [6.45, 7) is 19.8. The van der Waals surface area contributed by atoms with Crippen LogP contribution in [0.15, 0.2) is 166 Å². The molecule has 12 aromatic rings. The first-order valence-corrected chi connectivity index (χ1v) is 45.1. The predicted molar refractivity (Wildman–Crippen MR) is 501 cm³/mol. The molecular formula is C92H92Cl8N20O8. The summed E-state index contributed by atoms with van der Waals surface area (Å²) in [6.07, 6.45) is 16.2. The molecule has 0 aliphatic carbocycles. The largest absolute Gasteiger partial charge is 0.483 e. The van der Waals surface area contributed by atoms with Crippen LogP contribution in [0.3, 0.4) is 0 Å². The number of nitrogens with zero attached hydrogens (tertiary/aromatic N) is 16. The molecule has 4 aromatic carbocycles. The van der Waals surface area contributed by atoms with Crippen molar-refractivity contribution >= 4 is 116 Å². The van der Waals surface area contributed by atoms with Gasteiger partial charge in [-0.3, -0.25) is 47.4 Å². The number of hydrogen-bond donors (Lipinski definition) is 4. The first kappa shape index (κ1) is 89.5. The normalized spacial score (nSPS) is 19.2. The number of benzene rings is 4. The molecule has 8 aliphatic rings. The van der Waals surface area contributed by atoms with Gasteiger partial charge in [0.2, 0.25) is 11.8 Å². The predicted octanol–water partition coefficient (Wildman–Crippen LogP) is 15.9. The first-order chi connectivity index (χ1) is 61.3. The van der Waals surface area contributed by atoms with Crippen molar-refractivity contribution in [1.82, 2.24) is 58.1 Å². The molecule has 20 rings (SSSR count). The number of pyridine rings is 4. The molecule has 4 saturated heterocycles. The van der Waals surface area contributed by atoms with Crippen molar-refractivity contribution in [2.24, 2.45) is 22.9 Å². The molecule has 28 nitrogen and oxygen atoms in total. The summed E-state index contributed by atoms with van der Waals surface area (Å²) in [5.74, 6) is 7.69. The summed E-state index contributed by atoms with van der Waals surface area (Å²) in [6, 6.07) is 31.6. The second kappa shape index (κ2) is 35.4. The lowest BCUT2D eigenvalue weighted by Gasteiger charge is -2.41. The third-order valence-corrected chi connectivity index (χ3v) is 29.4. The quantitative estimate of drug-likeness (QED) is 0.110. The highest BCUT2D eigenvalue weighted by atomic mass is 35.5. The Morgan fingerprint density at radius 3 is 0.797 bits per heavy atom. The molecule has 8 N–H and O–H groups in total. The number of halogens is 8. The van der Waals surface area contributed by atoms with E-state index in [9.17, 15) is 19.2 Å². The Balaban J connectivity index is 0.000000120. The smallest absolute Gasteiger partial charge is 0.263 e. The van der Waals surface area contributed by atoms with Gasteiger partial charge in [-0.05, 0) is 128 Å². The molecule has 4 spiro atoms. The van der Waals surface area contributed by atoms with Crippen molar-refractivity contribution in [3.8, 4) is 46.0 Å². The van der Waals surface area contributed by atoms with Gasteiger partial charge in [-0.1, -0.05) is 129 Å². The van der Waals surface area contributed by atoms with Gasteiger partial charge in [0.15, 0.2) is 0 Å². The summed E-state index contributed by atoms with van der Waals surface area (Å²) in [4.78, 5) is 97.9. The van der Waals surface area contributed by atoms with Gasteiger partial charge in [0.1, 0.15) is 80.5 Å². The number of nitrogens with two attached hydrogens (primary N) is 4. The van der Waals surface area contributed by atoms with Crippen molar-refractivity contribution in [3.63, 3.8) is 0 Å². The molecule has 16 heterocycles. The maximum absolute atomic E-state index is 13.3. The lowest BCUT2D eigenvalue weighted by Crippen LogP contribution is -2.52. The van der Waals surface area contributed by atoms with Crippen LogP contribution in [-0.2, 0) is 0 Å². The standard InChI is InChI=1S/4C23H23Cl2N5O2/c2*1-13-20(28-14(2)30(22(13)31)17-7-3-6-16(24)18(17)25)29-11-8-23(9-12-29)19(26)15-5-4-10-27-21(15)32-23;2*1-13-21(28-14(2)30(22(13)31)17-5-3-4-16(24)19(17)25)29-10-7-23(8-11-29)20(26)15-6-9-27-12-18(15)32-23/h2*3-7,10,19H,8-9,11-12,26H2,1-2H3;2*3-6,9,12,20H,7-8,10-11,26H2,1-2H3/t2*19-;2*20-/m1010/s1. The molecule has 0 bridgehead atoms. The maximum Gasteiger partial charge on any atom is 0.263 e. The number of aromatic nitrogens is 12. The average molecular weight is 1890 g/mol. The molecular weight excluding hydrogens is 1800 g/mol. The highest BCUT2D eigenvalue weighted by molar-refractivity contribution is 6.44. The molecule has 0 saturated carbocycles. The van der Waals surface area contributed by atoms with Gasteiger partial charge in [0, 0.05) is 151 Å². The van der Waals surface area contributed by atoms with Gasteiger partial charge in [-0.25, -0.2) is 29.9 Å². The molecule has 0 unspecified atom stereocenters. The van der Waals surface area contributed by atoms with E-state index in [-0.39, 0.29) is 46.4 Å². The van der Waals surface area contributed by atoms with Crippen LogP contribution in [0.1, 0.15) is 143 Å². The molecule has 664 valence electrons. The van der Waals surface area contributed by atoms with Gasteiger partial charge >= 0.3 is 0 Å². The Morgan fingerprint density at radius 2 is 0.555 bits per heavy atom. The zero-order valence-electron chi connectivity index (χ0n) is 71.2. The second-order valence-corrected chi connectivity index (χ2v) is 36.6. The Labute approximate surface area is 777 Å². The fourth-order valence-electron chi connectivity index (χ4n) is 19.0. The summed E-state index contributed by atoms with van der Waals surface area (Å²) in [7, 11) is 0. The lowest BCUT2D eigenvalue weighted by molar-refractivity contribution is 0.0395. The minimum atomic E-state index is -0.473. The summed E-state index contributed by atoms with van der Waals surface area (Å²) >= 11 is 50.1. The van der Waals surface area contributed by atoms with E-state index >= 15 is 0 Å². The van der Waals surface area contributed by atoms with E-state index < -0.39 is 22.4 Å². The number of anilines is 4. The molecule has 36 heteroatoms. The number of fused-ring (bicyclic) bond motifs is 4. The third-order valence-electron chi connectivity index (χ3n) is 26.2. The number of ether oxygens (including phenoxy) is 4. The fraction of sp³-hybridized carbons (Fsp3) is 0.348. The van der Waals surface area contributed by atoms with E-state index in [1.165, 1.54) is 18.3 Å². The Morgan fingerprint density at radius 1 is 0.312 bits per heavy atom. The molecule has 0 amide bonds. The topological polar surface area (TPSA) is 345 Å². The highest BCUT2D eigenvalue weighted by Gasteiger charge is 2.54. The van der Waals surface area contributed by atoms with Gasteiger partial charge in [-0.15, -0.1) is 0 Å². The van der Waals surface area contributed by atoms with Crippen LogP contribution in [0, 0.1) is 55.4 Å². The number of piperidine rings is 4. The van der Waals surface area contributed by atoms with Gasteiger partial charge < -0.3 is 61.5 Å². The monoisotopic (exact) mass is 1880 g/mol. The first-order valence-electron chi connectivity index (χ1n) is 42.0. The van der Waals surface area contributed by atoms with Crippen molar-refractivity contribution in [2.75, 3.05) is 72.0 Å². The molecule has 4 fully saturated rings. The van der Waals surface area contributed by atoms with E-state index in [4.69, 9.17) is 155 Å². The van der Waals surface area contributed by atoms with Gasteiger partial charge in [0.05, 0.1) is 122 Å². The zero-order chi connectivity index (χ0) is 90.5. The van der Waals surface area contributed by atoms with E-state index in [1.807, 2.05) is 36.4 Å². The molecule has 8 aromatic heterocycles. The summed E-state index contributed by atoms with van der Waals surface area (Å²) in [5.41, 5.74) is 32.0. The highest BCUT2D eigenvalue weighted by Crippen LogP contribution is 2.52. The van der Waals surface area contributed by atoms with Gasteiger partial charge in [0.25, 0.3) is 22.2 Å². The van der Waals surface area contributed by atoms with E-state index in [2.05, 4.69) is 39.5 Å². The third kappa shape index (κ3) is 15.8. The SMILES string of the molecule is Cc1c(N2CCC3(CC2)Oc2cnccc2[C@@H]3N)nc(C)n(-c2cccc(Cl)c2Cl)c1=O.Cc1c(N2CCC3(CC2)Oc2cnccc2[C@H]3N)nc(C)n(-c2cccc(Cl)c2Cl)c1=O.Cc1c(N2CCC3(CC2)Oc2ncccc2[C@@H]3N)nc(C)n(-c2cccc(Cl)c2Cl)c1=O.Cc1c(N2CCC3(CC2)Oc2ncccc2[C@H]3N)nc(C)n(-c2cccc(Cl)c2Cl)c1=O.